The molecule has 1 fully saturated rings. The largest absolute Gasteiger partial charge is 0.379 e. The molecule has 1 aliphatic heterocycles. The van der Waals surface area contributed by atoms with Crippen molar-refractivity contribution >= 4 is 21.6 Å². The van der Waals surface area contributed by atoms with Crippen molar-refractivity contribution in [2.45, 2.75) is 24.8 Å². The number of halogens is 1. The summed E-state index contributed by atoms with van der Waals surface area (Å²) in [6.07, 6.45) is 0. The van der Waals surface area contributed by atoms with Crippen LogP contribution in [0.25, 0.3) is 0 Å². The van der Waals surface area contributed by atoms with Crippen LogP contribution < -0.4 is 10.0 Å². The van der Waals surface area contributed by atoms with Gasteiger partial charge in [-0.3, -0.25) is 9.69 Å². The molecular formula is C21H26FN3O4S. The number of carbonyl (C=O) groups excluding carboxylic acids is 1. The van der Waals surface area contributed by atoms with E-state index in [9.17, 15) is 17.6 Å². The normalized spacial score (nSPS) is 16.2. The summed E-state index contributed by atoms with van der Waals surface area (Å²) in [7, 11) is -3.79. The van der Waals surface area contributed by atoms with Crippen molar-refractivity contribution in [3.05, 3.63) is 59.4 Å². The average Bonchev–Trinajstić information content (AvgIpc) is 2.71. The van der Waals surface area contributed by atoms with Gasteiger partial charge in [0.15, 0.2) is 0 Å². The fraction of sp³-hybridized carbons (Fsp3) is 0.381. The van der Waals surface area contributed by atoms with Gasteiger partial charge in [0, 0.05) is 36.9 Å². The number of sulfonamides is 1. The second-order valence-corrected chi connectivity index (χ2v) is 9.10. The van der Waals surface area contributed by atoms with Crippen LogP contribution in [-0.4, -0.2) is 58.1 Å². The van der Waals surface area contributed by atoms with Crippen molar-refractivity contribution in [1.29, 1.82) is 0 Å². The molecule has 2 N–H and O–H groups in total. The van der Waals surface area contributed by atoms with E-state index >= 15 is 0 Å². The van der Waals surface area contributed by atoms with Gasteiger partial charge >= 0.3 is 0 Å². The van der Waals surface area contributed by atoms with Crippen LogP contribution in [0, 0.1) is 12.7 Å². The van der Waals surface area contributed by atoms with Crippen molar-refractivity contribution in [1.82, 2.24) is 9.62 Å². The average molecular weight is 436 g/mol. The van der Waals surface area contributed by atoms with E-state index in [1.54, 1.807) is 13.8 Å². The number of hydrogen-bond donors (Lipinski definition) is 2. The Balaban J connectivity index is 1.68. The molecule has 0 aromatic heterocycles. The molecule has 1 aliphatic rings. The fourth-order valence-electron chi connectivity index (χ4n) is 3.27. The van der Waals surface area contributed by atoms with Crippen LogP contribution in [0.5, 0.6) is 0 Å². The molecule has 2 aromatic carbocycles. The standard InChI is InChI=1S/C21H26FN3O4S/c1-15-12-18(6-7-20(15)22)23-21(26)17-4-3-5-19(13-17)30(27,28)24-16(2)14-25-8-10-29-11-9-25/h3-7,12-13,16,24H,8-11,14H2,1-2H3,(H,23,26). The minimum atomic E-state index is -3.79. The maximum Gasteiger partial charge on any atom is 0.255 e. The van der Waals surface area contributed by atoms with Crippen LogP contribution in [0.15, 0.2) is 47.4 Å². The smallest absolute Gasteiger partial charge is 0.255 e. The minimum Gasteiger partial charge on any atom is -0.379 e. The molecule has 3 rings (SSSR count). The van der Waals surface area contributed by atoms with E-state index in [-0.39, 0.29) is 22.3 Å². The molecule has 9 heteroatoms. The number of nitrogens with one attached hydrogen (secondary N) is 2. The molecule has 1 saturated heterocycles. The monoisotopic (exact) mass is 435 g/mol. The highest BCUT2D eigenvalue weighted by molar-refractivity contribution is 7.89. The Hall–Kier alpha value is -2.33. The summed E-state index contributed by atoms with van der Waals surface area (Å²) in [6, 6.07) is 9.77. The first-order valence-electron chi connectivity index (χ1n) is 9.74. The molecule has 0 saturated carbocycles. The first-order chi connectivity index (χ1) is 14.2. The van der Waals surface area contributed by atoms with Crippen molar-refractivity contribution in [3.8, 4) is 0 Å². The van der Waals surface area contributed by atoms with Crippen LogP contribution in [0.2, 0.25) is 0 Å². The van der Waals surface area contributed by atoms with Crippen molar-refractivity contribution in [2.24, 2.45) is 0 Å². The van der Waals surface area contributed by atoms with Gasteiger partial charge in [-0.15, -0.1) is 0 Å². The van der Waals surface area contributed by atoms with Gasteiger partial charge in [-0.2, -0.15) is 0 Å². The number of ether oxygens (including phenoxy) is 1. The molecule has 1 amide bonds. The summed E-state index contributed by atoms with van der Waals surface area (Å²) in [5, 5.41) is 2.66. The molecule has 1 atom stereocenters. The SMILES string of the molecule is Cc1cc(NC(=O)c2cccc(S(=O)(=O)NC(C)CN3CCOCC3)c2)ccc1F. The van der Waals surface area contributed by atoms with Crippen LogP contribution in [0.4, 0.5) is 10.1 Å². The number of aryl methyl sites for hydroxylation is 1. The maximum absolute atomic E-state index is 13.4. The summed E-state index contributed by atoms with van der Waals surface area (Å²) in [5.41, 5.74) is 1.03. The number of amides is 1. The number of anilines is 1. The number of rotatable bonds is 7. The van der Waals surface area contributed by atoms with Crippen LogP contribution in [0.3, 0.4) is 0 Å². The van der Waals surface area contributed by atoms with E-state index in [4.69, 9.17) is 4.74 Å². The number of benzene rings is 2. The molecule has 2 aromatic rings. The molecule has 1 unspecified atom stereocenters. The van der Waals surface area contributed by atoms with Gasteiger partial charge in [0.05, 0.1) is 18.1 Å². The summed E-state index contributed by atoms with van der Waals surface area (Å²) in [5.74, 6) is -0.835. The number of morpholine rings is 1. The molecule has 162 valence electrons. The summed E-state index contributed by atoms with van der Waals surface area (Å²) >= 11 is 0. The van der Waals surface area contributed by atoms with Crippen LogP contribution >= 0.6 is 0 Å². The zero-order chi connectivity index (χ0) is 21.7. The van der Waals surface area contributed by atoms with Crippen LogP contribution in [-0.2, 0) is 14.8 Å². The lowest BCUT2D eigenvalue weighted by atomic mass is 10.2. The zero-order valence-electron chi connectivity index (χ0n) is 17.0. The number of carbonyl (C=O) groups is 1. The van der Waals surface area contributed by atoms with Crippen molar-refractivity contribution in [3.63, 3.8) is 0 Å². The first-order valence-corrected chi connectivity index (χ1v) is 11.2. The van der Waals surface area contributed by atoms with E-state index in [1.807, 2.05) is 0 Å². The van der Waals surface area contributed by atoms with E-state index in [0.717, 1.165) is 13.1 Å². The van der Waals surface area contributed by atoms with Gasteiger partial charge < -0.3 is 10.1 Å². The first kappa shape index (κ1) is 22.4. The minimum absolute atomic E-state index is 0.0132. The highest BCUT2D eigenvalue weighted by Gasteiger charge is 2.21. The third-order valence-electron chi connectivity index (χ3n) is 4.81. The molecular weight excluding hydrogens is 409 g/mol. The summed E-state index contributed by atoms with van der Waals surface area (Å²) in [6.45, 7) is 6.80. The molecule has 30 heavy (non-hydrogen) atoms. The number of hydrogen-bond acceptors (Lipinski definition) is 5. The predicted octanol–water partition coefficient (Wildman–Crippen LogP) is 2.39. The van der Waals surface area contributed by atoms with Gasteiger partial charge in [0.1, 0.15) is 5.82 Å². The fourth-order valence-corrected chi connectivity index (χ4v) is 4.55. The van der Waals surface area contributed by atoms with E-state index in [0.29, 0.717) is 31.0 Å². The lowest BCUT2D eigenvalue weighted by molar-refractivity contribution is 0.0354. The van der Waals surface area contributed by atoms with Gasteiger partial charge in [-0.25, -0.2) is 17.5 Å². The molecule has 0 aliphatic carbocycles. The van der Waals surface area contributed by atoms with Crippen molar-refractivity contribution in [2.75, 3.05) is 38.2 Å². The molecule has 0 spiro atoms. The molecule has 0 bridgehead atoms. The second-order valence-electron chi connectivity index (χ2n) is 7.38. The van der Waals surface area contributed by atoms with E-state index in [2.05, 4.69) is 14.9 Å². The third-order valence-corrected chi connectivity index (χ3v) is 6.40. The Morgan fingerprint density at radius 1 is 1.20 bits per heavy atom. The highest BCUT2D eigenvalue weighted by Crippen LogP contribution is 2.17. The summed E-state index contributed by atoms with van der Waals surface area (Å²) < 4.78 is 46.9. The van der Waals surface area contributed by atoms with Gasteiger partial charge in [-0.05, 0) is 55.8 Å². The van der Waals surface area contributed by atoms with Gasteiger partial charge in [0.2, 0.25) is 10.0 Å². The molecule has 0 radical (unpaired) electrons. The van der Waals surface area contributed by atoms with Crippen LogP contribution in [0.1, 0.15) is 22.8 Å². The quantitative estimate of drug-likeness (QED) is 0.697. The van der Waals surface area contributed by atoms with Crippen molar-refractivity contribution < 1.29 is 22.3 Å². The Bertz CT molecular complexity index is 1010. The molecule has 7 nitrogen and oxygen atoms in total. The zero-order valence-corrected chi connectivity index (χ0v) is 17.8. The van der Waals surface area contributed by atoms with Gasteiger partial charge in [0.25, 0.3) is 5.91 Å². The lowest BCUT2D eigenvalue weighted by Gasteiger charge is -2.29. The van der Waals surface area contributed by atoms with E-state index < -0.39 is 15.9 Å². The highest BCUT2D eigenvalue weighted by atomic mass is 32.2. The summed E-state index contributed by atoms with van der Waals surface area (Å²) in [4.78, 5) is 14.7. The Labute approximate surface area is 176 Å². The topological polar surface area (TPSA) is 87.7 Å². The Morgan fingerprint density at radius 2 is 1.93 bits per heavy atom. The second kappa shape index (κ2) is 9.65. The Morgan fingerprint density at radius 3 is 2.63 bits per heavy atom. The maximum atomic E-state index is 13.4. The van der Waals surface area contributed by atoms with Gasteiger partial charge in [-0.1, -0.05) is 6.07 Å². The van der Waals surface area contributed by atoms with E-state index in [1.165, 1.54) is 42.5 Å². The predicted molar refractivity (Wildman–Crippen MR) is 113 cm³/mol. The third kappa shape index (κ3) is 5.85. The lowest BCUT2D eigenvalue weighted by Crippen LogP contribution is -2.45. The molecule has 1 heterocycles. The Kier molecular flexibility index (Phi) is 7.19. The number of nitrogens with zero attached hydrogens (tertiary/aromatic N) is 1.